The van der Waals surface area contributed by atoms with E-state index in [0.29, 0.717) is 10.7 Å². The predicted molar refractivity (Wildman–Crippen MR) is 85.9 cm³/mol. The van der Waals surface area contributed by atoms with E-state index >= 15 is 0 Å². The highest BCUT2D eigenvalue weighted by atomic mass is 32.2. The molecule has 0 radical (unpaired) electrons. The number of aryl methyl sites for hydroxylation is 1. The van der Waals surface area contributed by atoms with Crippen molar-refractivity contribution in [3.63, 3.8) is 0 Å². The highest BCUT2D eigenvalue weighted by Crippen LogP contribution is 2.28. The molecule has 128 valence electrons. The van der Waals surface area contributed by atoms with Gasteiger partial charge < -0.3 is 14.4 Å². The molecule has 0 unspecified atom stereocenters. The van der Waals surface area contributed by atoms with E-state index in [0.717, 1.165) is 0 Å². The number of hydrogen-bond acceptors (Lipinski definition) is 8. The number of thioether (sulfide) groups is 1. The number of hydrogen-bond donors (Lipinski definition) is 0. The van der Waals surface area contributed by atoms with Crippen molar-refractivity contribution in [1.29, 1.82) is 0 Å². The van der Waals surface area contributed by atoms with Crippen molar-refractivity contribution in [3.05, 3.63) is 34.9 Å². The Kier molecular flexibility index (Phi) is 6.30. The van der Waals surface area contributed by atoms with E-state index in [2.05, 4.69) is 9.97 Å². The Morgan fingerprint density at radius 1 is 1.33 bits per heavy atom. The molecule has 1 aromatic heterocycles. The van der Waals surface area contributed by atoms with Crippen molar-refractivity contribution in [2.24, 2.45) is 0 Å². The second kappa shape index (κ2) is 8.44. The number of aromatic nitrogens is 2. The minimum atomic E-state index is -0.613. The summed E-state index contributed by atoms with van der Waals surface area (Å²) >= 11 is 1.24. The lowest BCUT2D eigenvalue weighted by atomic mass is 10.4. The average molecular weight is 351 g/mol. The molecule has 24 heavy (non-hydrogen) atoms. The van der Waals surface area contributed by atoms with Gasteiger partial charge in [0, 0.05) is 6.20 Å². The normalized spacial score (nSPS) is 15.7. The zero-order valence-corrected chi connectivity index (χ0v) is 14.2. The van der Waals surface area contributed by atoms with E-state index in [-0.39, 0.29) is 37.1 Å². The fourth-order valence-corrected chi connectivity index (χ4v) is 2.81. The summed E-state index contributed by atoms with van der Waals surface area (Å²) < 4.78 is 9.92. The minimum Gasteiger partial charge on any atom is -0.463 e. The van der Waals surface area contributed by atoms with Crippen LogP contribution in [0.25, 0.3) is 0 Å². The number of esters is 2. The van der Waals surface area contributed by atoms with Gasteiger partial charge >= 0.3 is 11.9 Å². The number of amides is 1. The molecule has 0 bridgehead atoms. The SMILES string of the molecule is CCOC(=O)/C=C1\SCC(=O)N1CCOC(=O)c1cnc(C)cn1. The highest BCUT2D eigenvalue weighted by molar-refractivity contribution is 8.04. The molecule has 9 heteroatoms. The first-order valence-electron chi connectivity index (χ1n) is 7.28. The van der Waals surface area contributed by atoms with Crippen molar-refractivity contribution >= 4 is 29.6 Å². The van der Waals surface area contributed by atoms with Gasteiger partial charge in [-0.3, -0.25) is 9.78 Å². The molecule has 8 nitrogen and oxygen atoms in total. The largest absolute Gasteiger partial charge is 0.463 e. The Morgan fingerprint density at radius 2 is 2.12 bits per heavy atom. The molecule has 1 fully saturated rings. The first-order valence-corrected chi connectivity index (χ1v) is 8.27. The van der Waals surface area contributed by atoms with Gasteiger partial charge in [-0.05, 0) is 13.8 Å². The van der Waals surface area contributed by atoms with Gasteiger partial charge in [-0.25, -0.2) is 14.6 Å². The van der Waals surface area contributed by atoms with Crippen LogP contribution in [-0.4, -0.2) is 58.2 Å². The third-order valence-corrected chi connectivity index (χ3v) is 4.00. The maximum absolute atomic E-state index is 11.9. The van der Waals surface area contributed by atoms with Crippen molar-refractivity contribution in [3.8, 4) is 0 Å². The lowest BCUT2D eigenvalue weighted by Gasteiger charge is -2.16. The molecule has 1 aliphatic rings. The Hall–Kier alpha value is -2.42. The quantitative estimate of drug-likeness (QED) is 0.551. The van der Waals surface area contributed by atoms with Crippen molar-refractivity contribution in [1.82, 2.24) is 14.9 Å². The Morgan fingerprint density at radius 3 is 2.79 bits per heavy atom. The topological polar surface area (TPSA) is 98.7 Å². The van der Waals surface area contributed by atoms with Crippen molar-refractivity contribution < 1.29 is 23.9 Å². The Labute approximate surface area is 143 Å². The predicted octanol–water partition coefficient (Wildman–Crippen LogP) is 0.922. The molecule has 0 spiro atoms. The fraction of sp³-hybridized carbons (Fsp3) is 0.400. The Balaban J connectivity index is 1.89. The molecule has 1 amide bonds. The van der Waals surface area contributed by atoms with E-state index in [1.54, 1.807) is 13.8 Å². The molecule has 1 aromatic rings. The van der Waals surface area contributed by atoms with Crippen molar-refractivity contribution in [2.75, 3.05) is 25.5 Å². The zero-order chi connectivity index (χ0) is 17.5. The summed E-state index contributed by atoms with van der Waals surface area (Å²) in [5, 5.41) is 0.490. The summed E-state index contributed by atoms with van der Waals surface area (Å²) in [7, 11) is 0. The molecule has 2 heterocycles. The van der Waals surface area contributed by atoms with E-state index in [1.807, 2.05) is 0 Å². The molecule has 1 saturated heterocycles. The van der Waals surface area contributed by atoms with Crippen LogP contribution in [0.4, 0.5) is 0 Å². The molecule has 0 aromatic carbocycles. The van der Waals surface area contributed by atoms with Crippen molar-refractivity contribution in [2.45, 2.75) is 13.8 Å². The number of carbonyl (C=O) groups is 3. The van der Waals surface area contributed by atoms with Crippen LogP contribution in [0.3, 0.4) is 0 Å². The van der Waals surface area contributed by atoms with Crippen LogP contribution >= 0.6 is 11.8 Å². The van der Waals surface area contributed by atoms with Crippen LogP contribution in [-0.2, 0) is 19.1 Å². The molecule has 0 aliphatic carbocycles. The van der Waals surface area contributed by atoms with Gasteiger partial charge in [-0.2, -0.15) is 0 Å². The number of ether oxygens (including phenoxy) is 2. The molecular weight excluding hydrogens is 334 g/mol. The maximum Gasteiger partial charge on any atom is 0.358 e. The van der Waals surface area contributed by atoms with Gasteiger partial charge in [0.1, 0.15) is 6.61 Å². The smallest absolute Gasteiger partial charge is 0.358 e. The summed E-state index contributed by atoms with van der Waals surface area (Å²) in [5.74, 6) is -1.03. The highest BCUT2D eigenvalue weighted by Gasteiger charge is 2.27. The third-order valence-electron chi connectivity index (χ3n) is 2.98. The summed E-state index contributed by atoms with van der Waals surface area (Å²) in [5.41, 5.74) is 0.796. The number of carbonyl (C=O) groups excluding carboxylic acids is 3. The standard InChI is InChI=1S/C15H17N3O5S/c1-3-22-14(20)6-13-18(12(19)9-24-13)4-5-23-15(21)11-8-16-10(2)7-17-11/h6-8H,3-5,9H2,1-2H3/b13-6-. The van der Waals surface area contributed by atoms with Crippen LogP contribution in [0.2, 0.25) is 0 Å². The number of rotatable bonds is 6. The first-order chi connectivity index (χ1) is 11.5. The molecule has 0 atom stereocenters. The van der Waals surface area contributed by atoms with Crippen LogP contribution in [0.5, 0.6) is 0 Å². The van der Waals surface area contributed by atoms with Gasteiger partial charge in [0.15, 0.2) is 5.69 Å². The van der Waals surface area contributed by atoms with E-state index in [9.17, 15) is 14.4 Å². The average Bonchev–Trinajstić information content (AvgIpc) is 2.88. The monoisotopic (exact) mass is 351 g/mol. The summed E-state index contributed by atoms with van der Waals surface area (Å²) in [6.45, 7) is 3.87. The van der Waals surface area contributed by atoms with Crippen LogP contribution < -0.4 is 0 Å². The molecule has 0 saturated carbocycles. The van der Waals surface area contributed by atoms with Crippen LogP contribution in [0.1, 0.15) is 23.1 Å². The summed E-state index contributed by atoms with van der Waals surface area (Å²) in [6, 6.07) is 0. The molecule has 1 aliphatic heterocycles. The summed E-state index contributed by atoms with van der Waals surface area (Å²) in [4.78, 5) is 44.5. The number of nitrogens with zero attached hydrogens (tertiary/aromatic N) is 3. The molecular formula is C15H17N3O5S. The van der Waals surface area contributed by atoms with Gasteiger partial charge in [0.25, 0.3) is 0 Å². The van der Waals surface area contributed by atoms with E-state index < -0.39 is 11.9 Å². The molecule has 0 N–H and O–H groups in total. The molecule has 2 rings (SSSR count). The third kappa shape index (κ3) is 4.79. The van der Waals surface area contributed by atoms with Gasteiger partial charge in [0.2, 0.25) is 5.91 Å². The van der Waals surface area contributed by atoms with E-state index in [4.69, 9.17) is 9.47 Å². The zero-order valence-electron chi connectivity index (χ0n) is 13.4. The van der Waals surface area contributed by atoms with Crippen LogP contribution in [0.15, 0.2) is 23.5 Å². The fourth-order valence-electron chi connectivity index (χ4n) is 1.86. The van der Waals surface area contributed by atoms with Gasteiger partial charge in [-0.1, -0.05) is 11.8 Å². The second-order valence-electron chi connectivity index (χ2n) is 4.75. The van der Waals surface area contributed by atoms with Crippen LogP contribution in [0, 0.1) is 6.92 Å². The first kappa shape index (κ1) is 17.9. The lowest BCUT2D eigenvalue weighted by Crippen LogP contribution is -2.29. The lowest BCUT2D eigenvalue weighted by molar-refractivity contribution is -0.137. The summed E-state index contributed by atoms with van der Waals surface area (Å²) in [6.07, 6.45) is 4.07. The maximum atomic E-state index is 11.9. The van der Waals surface area contributed by atoms with Gasteiger partial charge in [-0.15, -0.1) is 0 Å². The Bertz CT molecular complexity index is 660. The minimum absolute atomic E-state index is 0.0130. The second-order valence-corrected chi connectivity index (χ2v) is 5.74. The van der Waals surface area contributed by atoms with Gasteiger partial charge in [0.05, 0.1) is 41.9 Å². The van der Waals surface area contributed by atoms with E-state index in [1.165, 1.54) is 35.1 Å².